The maximum absolute atomic E-state index is 9.81. The monoisotopic (exact) mass is 252 g/mol. The Morgan fingerprint density at radius 1 is 0.895 bits per heavy atom. The molecule has 2 aromatic carbocycles. The molecule has 4 nitrogen and oxygen atoms in total. The lowest BCUT2D eigenvalue weighted by atomic mass is 10.1. The minimum absolute atomic E-state index is 0.0982. The molecule has 0 spiro atoms. The molecule has 0 amide bonds. The molecule has 0 radical (unpaired) electrons. The van der Waals surface area contributed by atoms with E-state index in [1.54, 1.807) is 0 Å². The number of aromatic nitrogens is 2. The zero-order chi connectivity index (χ0) is 13.2. The van der Waals surface area contributed by atoms with Crippen LogP contribution < -0.4 is 0 Å². The fourth-order valence-corrected chi connectivity index (χ4v) is 1.96. The summed E-state index contributed by atoms with van der Waals surface area (Å²) in [6.07, 6.45) is 0. The summed E-state index contributed by atoms with van der Waals surface area (Å²) in [5, 5.41) is 26.4. The van der Waals surface area contributed by atoms with Crippen molar-refractivity contribution in [3.8, 4) is 34.0 Å². The van der Waals surface area contributed by atoms with Crippen molar-refractivity contribution in [3.05, 3.63) is 54.6 Å². The largest absolute Gasteiger partial charge is 0.508 e. The summed E-state index contributed by atoms with van der Waals surface area (Å²) in [5.41, 5.74) is 2.96. The quantitative estimate of drug-likeness (QED) is 0.613. The summed E-state index contributed by atoms with van der Waals surface area (Å²) in [6, 6.07) is 16.0. The lowest BCUT2D eigenvalue weighted by molar-refractivity contribution is 0.461. The Morgan fingerprint density at radius 2 is 1.68 bits per heavy atom. The van der Waals surface area contributed by atoms with Crippen molar-refractivity contribution in [2.24, 2.45) is 0 Å². The number of nitrogens with one attached hydrogen (secondary N) is 1. The third kappa shape index (κ3) is 2.15. The molecule has 0 atom stereocenters. The van der Waals surface area contributed by atoms with Crippen LogP contribution in [-0.4, -0.2) is 20.4 Å². The van der Waals surface area contributed by atoms with E-state index in [0.29, 0.717) is 11.3 Å². The van der Waals surface area contributed by atoms with E-state index >= 15 is 0 Å². The van der Waals surface area contributed by atoms with E-state index in [0.717, 1.165) is 11.3 Å². The SMILES string of the molecule is Oc1ccc(O)c(-c2cc(-c3ccccc3)n[nH]2)c1. The maximum atomic E-state index is 9.81. The molecule has 4 heteroatoms. The second kappa shape index (κ2) is 4.49. The molecule has 19 heavy (non-hydrogen) atoms. The number of rotatable bonds is 2. The molecule has 94 valence electrons. The van der Waals surface area contributed by atoms with Gasteiger partial charge in [0.1, 0.15) is 11.5 Å². The number of hydrogen-bond acceptors (Lipinski definition) is 3. The van der Waals surface area contributed by atoms with Crippen molar-refractivity contribution in [2.75, 3.05) is 0 Å². The average Bonchev–Trinajstić information content (AvgIpc) is 2.92. The number of aromatic hydroxyl groups is 2. The van der Waals surface area contributed by atoms with E-state index in [1.165, 1.54) is 18.2 Å². The van der Waals surface area contributed by atoms with Gasteiger partial charge in [-0.2, -0.15) is 5.10 Å². The lowest BCUT2D eigenvalue weighted by Gasteiger charge is -2.01. The van der Waals surface area contributed by atoms with Gasteiger partial charge in [0.2, 0.25) is 0 Å². The summed E-state index contributed by atoms with van der Waals surface area (Å²) in [5.74, 6) is 0.199. The van der Waals surface area contributed by atoms with Gasteiger partial charge < -0.3 is 10.2 Å². The van der Waals surface area contributed by atoms with Crippen molar-refractivity contribution in [3.63, 3.8) is 0 Å². The average molecular weight is 252 g/mol. The van der Waals surface area contributed by atoms with Crippen LogP contribution in [0, 0.1) is 0 Å². The number of nitrogens with zero attached hydrogens (tertiary/aromatic N) is 1. The van der Waals surface area contributed by atoms with Crippen LogP contribution in [0.15, 0.2) is 54.6 Å². The van der Waals surface area contributed by atoms with Crippen LogP contribution in [0.25, 0.3) is 22.5 Å². The van der Waals surface area contributed by atoms with Gasteiger partial charge in [-0.1, -0.05) is 30.3 Å². The Morgan fingerprint density at radius 3 is 2.47 bits per heavy atom. The third-order valence-corrected chi connectivity index (χ3v) is 2.92. The molecular weight excluding hydrogens is 240 g/mol. The standard InChI is InChI=1S/C15H12N2O2/c18-11-6-7-15(19)12(8-11)14-9-13(16-17-14)10-4-2-1-3-5-10/h1-9,18-19H,(H,16,17). The molecule has 3 rings (SSSR count). The summed E-state index contributed by atoms with van der Waals surface area (Å²) >= 11 is 0. The van der Waals surface area contributed by atoms with Crippen molar-refractivity contribution in [1.82, 2.24) is 10.2 Å². The maximum Gasteiger partial charge on any atom is 0.125 e. The first kappa shape index (κ1) is 11.3. The normalized spacial score (nSPS) is 10.5. The van der Waals surface area contributed by atoms with Crippen LogP contribution in [0.1, 0.15) is 0 Å². The predicted molar refractivity (Wildman–Crippen MR) is 72.8 cm³/mol. The molecular formula is C15H12N2O2. The molecule has 0 aliphatic carbocycles. The van der Waals surface area contributed by atoms with Crippen molar-refractivity contribution >= 4 is 0 Å². The minimum Gasteiger partial charge on any atom is -0.508 e. The highest BCUT2D eigenvalue weighted by molar-refractivity contribution is 5.72. The van der Waals surface area contributed by atoms with Crippen LogP contribution in [0.3, 0.4) is 0 Å². The number of H-pyrrole nitrogens is 1. The van der Waals surface area contributed by atoms with Gasteiger partial charge in [-0.3, -0.25) is 5.10 Å². The Kier molecular flexibility index (Phi) is 2.68. The van der Waals surface area contributed by atoms with Crippen molar-refractivity contribution in [2.45, 2.75) is 0 Å². The third-order valence-electron chi connectivity index (χ3n) is 2.92. The van der Waals surface area contributed by atoms with E-state index in [9.17, 15) is 10.2 Å². The van der Waals surface area contributed by atoms with Gasteiger partial charge in [0, 0.05) is 11.1 Å². The molecule has 1 aromatic heterocycles. The Hall–Kier alpha value is -2.75. The zero-order valence-corrected chi connectivity index (χ0v) is 10.0. The van der Waals surface area contributed by atoms with Gasteiger partial charge in [-0.05, 0) is 24.3 Å². The smallest absolute Gasteiger partial charge is 0.125 e. The van der Waals surface area contributed by atoms with Crippen LogP contribution in [0.4, 0.5) is 0 Å². The Balaban J connectivity index is 2.04. The fourth-order valence-electron chi connectivity index (χ4n) is 1.96. The summed E-state index contributed by atoms with van der Waals surface area (Å²) in [6.45, 7) is 0. The molecule has 0 fully saturated rings. The molecule has 3 N–H and O–H groups in total. The second-order valence-electron chi connectivity index (χ2n) is 4.23. The van der Waals surface area contributed by atoms with Gasteiger partial charge >= 0.3 is 0 Å². The van der Waals surface area contributed by atoms with Gasteiger partial charge in [0.15, 0.2) is 0 Å². The number of benzene rings is 2. The molecule has 0 saturated carbocycles. The molecule has 0 aliphatic rings. The van der Waals surface area contributed by atoms with Crippen LogP contribution in [0.2, 0.25) is 0 Å². The summed E-state index contributed by atoms with van der Waals surface area (Å²) in [4.78, 5) is 0. The highest BCUT2D eigenvalue weighted by atomic mass is 16.3. The van der Waals surface area contributed by atoms with E-state index < -0.39 is 0 Å². The predicted octanol–water partition coefficient (Wildman–Crippen LogP) is 3.15. The topological polar surface area (TPSA) is 69.1 Å². The van der Waals surface area contributed by atoms with Crippen molar-refractivity contribution in [1.29, 1.82) is 0 Å². The molecule has 0 unspecified atom stereocenters. The number of aromatic amines is 1. The summed E-state index contributed by atoms with van der Waals surface area (Å²) < 4.78 is 0. The van der Waals surface area contributed by atoms with Crippen LogP contribution in [0.5, 0.6) is 11.5 Å². The highest BCUT2D eigenvalue weighted by Gasteiger charge is 2.10. The first-order valence-electron chi connectivity index (χ1n) is 5.87. The molecule has 1 heterocycles. The first-order chi connectivity index (χ1) is 9.24. The van der Waals surface area contributed by atoms with Crippen LogP contribution in [-0.2, 0) is 0 Å². The van der Waals surface area contributed by atoms with Crippen LogP contribution >= 0.6 is 0 Å². The lowest BCUT2D eigenvalue weighted by Crippen LogP contribution is -1.79. The number of phenolic OH excluding ortho intramolecular Hbond substituents is 2. The molecule has 3 aromatic rings. The number of phenols is 2. The zero-order valence-electron chi connectivity index (χ0n) is 10.0. The molecule has 0 aliphatic heterocycles. The van der Waals surface area contributed by atoms with Gasteiger partial charge in [0.25, 0.3) is 0 Å². The number of hydrogen-bond donors (Lipinski definition) is 3. The first-order valence-corrected chi connectivity index (χ1v) is 5.87. The van der Waals surface area contributed by atoms with Gasteiger partial charge in [-0.15, -0.1) is 0 Å². The van der Waals surface area contributed by atoms with E-state index in [2.05, 4.69) is 10.2 Å². The molecule has 0 saturated heterocycles. The van der Waals surface area contributed by atoms with Crippen molar-refractivity contribution < 1.29 is 10.2 Å². The van der Waals surface area contributed by atoms with Gasteiger partial charge in [0.05, 0.1) is 11.4 Å². The van der Waals surface area contributed by atoms with E-state index in [1.807, 2.05) is 36.4 Å². The van der Waals surface area contributed by atoms with E-state index in [4.69, 9.17) is 0 Å². The molecule has 0 bridgehead atoms. The fraction of sp³-hybridized carbons (Fsp3) is 0. The Bertz CT molecular complexity index is 705. The highest BCUT2D eigenvalue weighted by Crippen LogP contribution is 2.32. The van der Waals surface area contributed by atoms with E-state index in [-0.39, 0.29) is 11.5 Å². The van der Waals surface area contributed by atoms with Gasteiger partial charge in [-0.25, -0.2) is 0 Å². The second-order valence-corrected chi connectivity index (χ2v) is 4.23. The Labute approximate surface area is 110 Å². The summed E-state index contributed by atoms with van der Waals surface area (Å²) in [7, 11) is 0. The minimum atomic E-state index is 0.0982.